The number of hydrogen-bond donors (Lipinski definition) is 1. The molecule has 6 nitrogen and oxygen atoms in total. The highest BCUT2D eigenvalue weighted by Crippen LogP contribution is 2.12. The number of rotatable bonds is 7. The van der Waals surface area contributed by atoms with Crippen molar-refractivity contribution < 1.29 is 23.5 Å². The van der Waals surface area contributed by atoms with Gasteiger partial charge in [-0.15, -0.1) is 0 Å². The van der Waals surface area contributed by atoms with Gasteiger partial charge in [0.2, 0.25) is 0 Å². The zero-order chi connectivity index (χ0) is 15.7. The molecule has 0 bridgehead atoms. The number of halogens is 1. The molecule has 0 aliphatic rings. The summed E-state index contributed by atoms with van der Waals surface area (Å²) >= 11 is 0. The highest BCUT2D eigenvalue weighted by molar-refractivity contribution is 6.39. The molecule has 0 saturated carbocycles. The van der Waals surface area contributed by atoms with Crippen molar-refractivity contribution >= 4 is 17.5 Å². The van der Waals surface area contributed by atoms with Gasteiger partial charge in [0, 0.05) is 27.3 Å². The van der Waals surface area contributed by atoms with E-state index in [9.17, 15) is 14.0 Å². The van der Waals surface area contributed by atoms with E-state index in [-0.39, 0.29) is 18.8 Å². The fourth-order valence-electron chi connectivity index (χ4n) is 1.60. The standard InChI is InChI=1S/C14H19FN2O4/c1-20-9-7-17(8-10-21-2)14(19)13(18)16-12-6-4-3-5-11(12)15/h3-6H,7-10H2,1-2H3,(H,16,18). The van der Waals surface area contributed by atoms with Crippen LogP contribution < -0.4 is 5.32 Å². The van der Waals surface area contributed by atoms with Crippen LogP contribution in [0.25, 0.3) is 0 Å². The molecule has 0 fully saturated rings. The Labute approximate surface area is 122 Å². The smallest absolute Gasteiger partial charge is 0.313 e. The van der Waals surface area contributed by atoms with E-state index < -0.39 is 17.6 Å². The Bertz CT molecular complexity index is 474. The average molecular weight is 298 g/mol. The Hall–Kier alpha value is -1.99. The Morgan fingerprint density at radius 1 is 1.14 bits per heavy atom. The second kappa shape index (κ2) is 9.04. The SMILES string of the molecule is COCCN(CCOC)C(=O)C(=O)Nc1ccccc1F. The molecule has 0 aliphatic carbocycles. The molecule has 1 aromatic rings. The third kappa shape index (κ3) is 5.49. The first-order valence-electron chi connectivity index (χ1n) is 6.42. The lowest BCUT2D eigenvalue weighted by Gasteiger charge is -2.21. The van der Waals surface area contributed by atoms with E-state index >= 15 is 0 Å². The molecule has 0 unspecified atom stereocenters. The first-order chi connectivity index (χ1) is 10.1. The second-order valence-corrected chi connectivity index (χ2v) is 4.21. The maximum Gasteiger partial charge on any atom is 0.313 e. The molecular weight excluding hydrogens is 279 g/mol. The third-order valence-electron chi connectivity index (χ3n) is 2.73. The van der Waals surface area contributed by atoms with E-state index in [1.807, 2.05) is 0 Å². The minimum Gasteiger partial charge on any atom is -0.383 e. The van der Waals surface area contributed by atoms with Crippen molar-refractivity contribution in [1.82, 2.24) is 4.90 Å². The summed E-state index contributed by atoms with van der Waals surface area (Å²) in [6, 6.07) is 5.65. The van der Waals surface area contributed by atoms with Crippen LogP contribution >= 0.6 is 0 Å². The zero-order valence-corrected chi connectivity index (χ0v) is 12.1. The highest BCUT2D eigenvalue weighted by Gasteiger charge is 2.22. The number of methoxy groups -OCH3 is 2. The maximum atomic E-state index is 13.4. The van der Waals surface area contributed by atoms with Gasteiger partial charge >= 0.3 is 11.8 Å². The highest BCUT2D eigenvalue weighted by atomic mass is 19.1. The molecule has 0 atom stereocenters. The van der Waals surface area contributed by atoms with E-state index in [1.165, 1.54) is 37.3 Å². The second-order valence-electron chi connectivity index (χ2n) is 4.21. The Morgan fingerprint density at radius 3 is 2.24 bits per heavy atom. The molecule has 0 spiro atoms. The number of benzene rings is 1. The van der Waals surface area contributed by atoms with E-state index in [0.29, 0.717) is 13.2 Å². The average Bonchev–Trinajstić information content (AvgIpc) is 2.49. The van der Waals surface area contributed by atoms with Crippen LogP contribution in [0.4, 0.5) is 10.1 Å². The van der Waals surface area contributed by atoms with Crippen LogP contribution in [0.5, 0.6) is 0 Å². The molecular formula is C14H19FN2O4. The van der Waals surface area contributed by atoms with Gasteiger partial charge in [0.25, 0.3) is 0 Å². The van der Waals surface area contributed by atoms with Crippen LogP contribution in [0, 0.1) is 5.82 Å². The van der Waals surface area contributed by atoms with E-state index in [4.69, 9.17) is 9.47 Å². The lowest BCUT2D eigenvalue weighted by atomic mass is 10.3. The molecule has 1 N–H and O–H groups in total. The van der Waals surface area contributed by atoms with Crippen molar-refractivity contribution in [3.05, 3.63) is 30.1 Å². The Morgan fingerprint density at radius 2 is 1.71 bits per heavy atom. The fourth-order valence-corrected chi connectivity index (χ4v) is 1.60. The maximum absolute atomic E-state index is 13.4. The molecule has 0 heterocycles. The van der Waals surface area contributed by atoms with Crippen molar-refractivity contribution in [2.45, 2.75) is 0 Å². The van der Waals surface area contributed by atoms with Gasteiger partial charge in [0.15, 0.2) is 0 Å². The Kier molecular flexibility index (Phi) is 7.34. The van der Waals surface area contributed by atoms with E-state index in [0.717, 1.165) is 0 Å². The normalized spacial score (nSPS) is 10.2. The molecule has 1 rings (SSSR count). The number of carbonyl (C=O) groups is 2. The summed E-state index contributed by atoms with van der Waals surface area (Å²) in [6.45, 7) is 1.09. The quantitative estimate of drug-likeness (QED) is 0.759. The molecule has 0 aromatic heterocycles. The summed E-state index contributed by atoms with van der Waals surface area (Å²) in [6.07, 6.45) is 0. The summed E-state index contributed by atoms with van der Waals surface area (Å²) in [4.78, 5) is 25.2. The topological polar surface area (TPSA) is 67.9 Å². The minimum absolute atomic E-state index is 0.0331. The van der Waals surface area contributed by atoms with Gasteiger partial charge in [0.1, 0.15) is 5.82 Å². The van der Waals surface area contributed by atoms with Crippen molar-refractivity contribution in [1.29, 1.82) is 0 Å². The van der Waals surface area contributed by atoms with Crippen LogP contribution in [0.3, 0.4) is 0 Å². The van der Waals surface area contributed by atoms with Gasteiger partial charge in [-0.25, -0.2) is 4.39 Å². The summed E-state index contributed by atoms with van der Waals surface area (Å²) < 4.78 is 23.2. The van der Waals surface area contributed by atoms with Crippen LogP contribution in [0.1, 0.15) is 0 Å². The molecule has 116 valence electrons. The van der Waals surface area contributed by atoms with Crippen molar-refractivity contribution in [3.8, 4) is 0 Å². The predicted octanol–water partition coefficient (Wildman–Crippen LogP) is 0.886. The number of para-hydroxylation sites is 1. The summed E-state index contributed by atoms with van der Waals surface area (Å²) in [5, 5.41) is 2.26. The third-order valence-corrected chi connectivity index (χ3v) is 2.73. The number of ether oxygens (including phenoxy) is 2. The first kappa shape index (κ1) is 17.1. The van der Waals surface area contributed by atoms with Gasteiger partial charge in [0.05, 0.1) is 18.9 Å². The van der Waals surface area contributed by atoms with Gasteiger partial charge in [-0.3, -0.25) is 9.59 Å². The largest absolute Gasteiger partial charge is 0.383 e. The van der Waals surface area contributed by atoms with Crippen LogP contribution in [0.15, 0.2) is 24.3 Å². The molecule has 2 amide bonds. The Balaban J connectivity index is 2.68. The lowest BCUT2D eigenvalue weighted by molar-refractivity contribution is -0.144. The van der Waals surface area contributed by atoms with Crippen LogP contribution in [-0.4, -0.2) is 57.2 Å². The van der Waals surface area contributed by atoms with Crippen LogP contribution in [-0.2, 0) is 19.1 Å². The summed E-state index contributed by atoms with van der Waals surface area (Å²) in [7, 11) is 3.00. The summed E-state index contributed by atoms with van der Waals surface area (Å²) in [5.41, 5.74) is -0.0331. The lowest BCUT2D eigenvalue weighted by Crippen LogP contribution is -2.43. The monoisotopic (exact) mass is 298 g/mol. The number of carbonyl (C=O) groups excluding carboxylic acids is 2. The fraction of sp³-hybridized carbons (Fsp3) is 0.429. The van der Waals surface area contributed by atoms with Crippen molar-refractivity contribution in [2.75, 3.05) is 45.8 Å². The molecule has 7 heteroatoms. The molecule has 0 radical (unpaired) electrons. The van der Waals surface area contributed by atoms with E-state index in [2.05, 4.69) is 5.32 Å². The van der Waals surface area contributed by atoms with Gasteiger partial charge in [-0.05, 0) is 12.1 Å². The zero-order valence-electron chi connectivity index (χ0n) is 12.1. The predicted molar refractivity (Wildman–Crippen MR) is 75.4 cm³/mol. The molecule has 0 aliphatic heterocycles. The number of hydrogen-bond acceptors (Lipinski definition) is 4. The number of anilines is 1. The number of amides is 2. The minimum atomic E-state index is -0.896. The van der Waals surface area contributed by atoms with Gasteiger partial charge in [-0.1, -0.05) is 12.1 Å². The number of nitrogens with zero attached hydrogens (tertiary/aromatic N) is 1. The van der Waals surface area contributed by atoms with Crippen LogP contribution in [0.2, 0.25) is 0 Å². The van der Waals surface area contributed by atoms with E-state index in [1.54, 1.807) is 6.07 Å². The molecule has 21 heavy (non-hydrogen) atoms. The van der Waals surface area contributed by atoms with Crippen molar-refractivity contribution in [3.63, 3.8) is 0 Å². The van der Waals surface area contributed by atoms with Gasteiger partial charge in [-0.2, -0.15) is 0 Å². The molecule has 0 saturated heterocycles. The summed E-state index contributed by atoms with van der Waals surface area (Å²) in [5.74, 6) is -2.25. The first-order valence-corrected chi connectivity index (χ1v) is 6.42. The van der Waals surface area contributed by atoms with Gasteiger partial charge < -0.3 is 19.7 Å². The van der Waals surface area contributed by atoms with Crippen molar-refractivity contribution in [2.24, 2.45) is 0 Å². The molecule has 1 aromatic carbocycles. The number of nitrogens with one attached hydrogen (secondary N) is 1.